The Balaban J connectivity index is 2.01. The summed E-state index contributed by atoms with van der Waals surface area (Å²) in [6.07, 6.45) is 1.23. The molecule has 1 heterocycles. The SMILES string of the molecule is O=C(Cc1cc(Cl)ccc1Br)N1CCC(CO)C1. The number of halogens is 2. The van der Waals surface area contributed by atoms with Crippen LogP contribution in [0.4, 0.5) is 0 Å². The molecule has 0 bridgehead atoms. The fourth-order valence-electron chi connectivity index (χ4n) is 2.16. The van der Waals surface area contributed by atoms with Crippen molar-refractivity contribution in [3.05, 3.63) is 33.3 Å². The van der Waals surface area contributed by atoms with Crippen molar-refractivity contribution in [3.63, 3.8) is 0 Å². The van der Waals surface area contributed by atoms with Crippen molar-refractivity contribution < 1.29 is 9.90 Å². The molecule has 1 aliphatic heterocycles. The molecule has 1 fully saturated rings. The fourth-order valence-corrected chi connectivity index (χ4v) is 2.74. The molecule has 1 saturated heterocycles. The maximum atomic E-state index is 12.1. The van der Waals surface area contributed by atoms with Gasteiger partial charge in [0.15, 0.2) is 0 Å². The second-order valence-electron chi connectivity index (χ2n) is 4.59. The number of amides is 1. The maximum Gasteiger partial charge on any atom is 0.227 e. The van der Waals surface area contributed by atoms with Crippen molar-refractivity contribution in [1.82, 2.24) is 4.90 Å². The molecule has 1 aromatic rings. The number of aliphatic hydroxyl groups is 1. The molecule has 1 N–H and O–H groups in total. The monoisotopic (exact) mass is 331 g/mol. The van der Waals surface area contributed by atoms with Gasteiger partial charge in [0.05, 0.1) is 6.42 Å². The summed E-state index contributed by atoms with van der Waals surface area (Å²) >= 11 is 9.35. The van der Waals surface area contributed by atoms with E-state index in [-0.39, 0.29) is 18.4 Å². The lowest BCUT2D eigenvalue weighted by Gasteiger charge is -2.16. The van der Waals surface area contributed by atoms with E-state index in [1.165, 1.54) is 0 Å². The number of benzene rings is 1. The summed E-state index contributed by atoms with van der Waals surface area (Å²) in [5.74, 6) is 0.325. The van der Waals surface area contributed by atoms with E-state index in [0.29, 0.717) is 18.0 Å². The van der Waals surface area contributed by atoms with Gasteiger partial charge in [-0.3, -0.25) is 4.79 Å². The van der Waals surface area contributed by atoms with Gasteiger partial charge in [-0.15, -0.1) is 0 Å². The van der Waals surface area contributed by atoms with Crippen LogP contribution in [0.25, 0.3) is 0 Å². The molecule has 0 aromatic heterocycles. The number of hydrogen-bond donors (Lipinski definition) is 1. The van der Waals surface area contributed by atoms with Crippen LogP contribution in [-0.4, -0.2) is 35.6 Å². The summed E-state index contributed by atoms with van der Waals surface area (Å²) in [4.78, 5) is 13.9. The summed E-state index contributed by atoms with van der Waals surface area (Å²) in [7, 11) is 0. The molecule has 1 aromatic carbocycles. The number of rotatable bonds is 3. The average Bonchev–Trinajstić information content (AvgIpc) is 2.82. The zero-order chi connectivity index (χ0) is 13.1. The lowest BCUT2D eigenvalue weighted by molar-refractivity contribution is -0.129. The van der Waals surface area contributed by atoms with E-state index in [1.54, 1.807) is 6.07 Å². The molecule has 1 atom stereocenters. The van der Waals surface area contributed by atoms with Crippen molar-refractivity contribution in [2.45, 2.75) is 12.8 Å². The van der Waals surface area contributed by atoms with Gasteiger partial charge in [-0.2, -0.15) is 0 Å². The quantitative estimate of drug-likeness (QED) is 0.924. The Morgan fingerprint density at radius 1 is 1.56 bits per heavy atom. The number of carbonyl (C=O) groups is 1. The predicted molar refractivity (Wildman–Crippen MR) is 74.6 cm³/mol. The van der Waals surface area contributed by atoms with Crippen molar-refractivity contribution in [2.75, 3.05) is 19.7 Å². The van der Waals surface area contributed by atoms with E-state index in [9.17, 15) is 4.79 Å². The molecule has 0 radical (unpaired) electrons. The normalized spacial score (nSPS) is 19.3. The summed E-state index contributed by atoms with van der Waals surface area (Å²) in [6, 6.07) is 5.45. The largest absolute Gasteiger partial charge is 0.396 e. The van der Waals surface area contributed by atoms with Crippen LogP contribution in [-0.2, 0) is 11.2 Å². The first-order valence-corrected chi connectivity index (χ1v) is 7.10. The van der Waals surface area contributed by atoms with E-state index < -0.39 is 0 Å². The zero-order valence-electron chi connectivity index (χ0n) is 9.90. The topological polar surface area (TPSA) is 40.5 Å². The fraction of sp³-hybridized carbons (Fsp3) is 0.462. The molecule has 18 heavy (non-hydrogen) atoms. The lowest BCUT2D eigenvalue weighted by atomic mass is 10.1. The van der Waals surface area contributed by atoms with Gasteiger partial charge in [-0.05, 0) is 30.2 Å². The van der Waals surface area contributed by atoms with Crippen LogP contribution in [0, 0.1) is 5.92 Å². The Morgan fingerprint density at radius 3 is 3.00 bits per heavy atom. The van der Waals surface area contributed by atoms with Gasteiger partial charge in [0.1, 0.15) is 0 Å². The van der Waals surface area contributed by atoms with Gasteiger partial charge >= 0.3 is 0 Å². The Morgan fingerprint density at radius 2 is 2.33 bits per heavy atom. The smallest absolute Gasteiger partial charge is 0.227 e. The first-order valence-electron chi connectivity index (χ1n) is 5.92. The second-order valence-corrected chi connectivity index (χ2v) is 5.88. The van der Waals surface area contributed by atoms with Gasteiger partial charge in [-0.25, -0.2) is 0 Å². The van der Waals surface area contributed by atoms with E-state index >= 15 is 0 Å². The molecule has 1 amide bonds. The number of carbonyl (C=O) groups excluding carboxylic acids is 1. The van der Waals surface area contributed by atoms with Crippen molar-refractivity contribution in [2.24, 2.45) is 5.92 Å². The van der Waals surface area contributed by atoms with E-state index in [2.05, 4.69) is 15.9 Å². The van der Waals surface area contributed by atoms with E-state index in [4.69, 9.17) is 16.7 Å². The molecule has 0 saturated carbocycles. The Kier molecular flexibility index (Phi) is 4.65. The summed E-state index contributed by atoms with van der Waals surface area (Å²) in [5.41, 5.74) is 0.903. The summed E-state index contributed by atoms with van der Waals surface area (Å²) in [5, 5.41) is 9.71. The van der Waals surface area contributed by atoms with Crippen molar-refractivity contribution in [1.29, 1.82) is 0 Å². The van der Waals surface area contributed by atoms with Crippen molar-refractivity contribution in [3.8, 4) is 0 Å². The lowest BCUT2D eigenvalue weighted by Crippen LogP contribution is -2.30. The third kappa shape index (κ3) is 3.25. The van der Waals surface area contributed by atoms with Crippen LogP contribution in [0.3, 0.4) is 0 Å². The Hall–Kier alpha value is -0.580. The van der Waals surface area contributed by atoms with Gasteiger partial charge in [0, 0.05) is 35.1 Å². The minimum absolute atomic E-state index is 0.0916. The van der Waals surface area contributed by atoms with E-state index in [0.717, 1.165) is 23.0 Å². The molecule has 2 rings (SSSR count). The zero-order valence-corrected chi connectivity index (χ0v) is 12.2. The van der Waals surface area contributed by atoms with Crippen LogP contribution in [0.5, 0.6) is 0 Å². The first-order chi connectivity index (χ1) is 8.60. The molecule has 0 spiro atoms. The molecular weight excluding hydrogens is 318 g/mol. The Bertz CT molecular complexity index is 453. The molecular formula is C13H15BrClNO2. The minimum Gasteiger partial charge on any atom is -0.396 e. The molecule has 98 valence electrons. The highest BCUT2D eigenvalue weighted by atomic mass is 79.9. The van der Waals surface area contributed by atoms with Gasteiger partial charge in [0.25, 0.3) is 0 Å². The maximum absolute atomic E-state index is 12.1. The molecule has 1 unspecified atom stereocenters. The number of aliphatic hydroxyl groups excluding tert-OH is 1. The van der Waals surface area contributed by atoms with Crippen LogP contribution < -0.4 is 0 Å². The molecule has 1 aliphatic rings. The predicted octanol–water partition coefficient (Wildman–Crippen LogP) is 2.49. The number of nitrogens with zero attached hydrogens (tertiary/aromatic N) is 1. The van der Waals surface area contributed by atoms with Crippen LogP contribution in [0.2, 0.25) is 5.02 Å². The summed E-state index contributed by atoms with van der Waals surface area (Å²) in [6.45, 7) is 1.56. The van der Waals surface area contributed by atoms with Gasteiger partial charge < -0.3 is 10.0 Å². The number of likely N-dealkylation sites (tertiary alicyclic amines) is 1. The summed E-state index contributed by atoms with van der Waals surface area (Å²) < 4.78 is 0.901. The first kappa shape index (κ1) is 13.8. The highest BCUT2D eigenvalue weighted by Crippen LogP contribution is 2.23. The minimum atomic E-state index is 0.0916. The number of hydrogen-bond acceptors (Lipinski definition) is 2. The van der Waals surface area contributed by atoms with Crippen LogP contribution >= 0.6 is 27.5 Å². The van der Waals surface area contributed by atoms with E-state index in [1.807, 2.05) is 17.0 Å². The highest BCUT2D eigenvalue weighted by Gasteiger charge is 2.25. The second kappa shape index (κ2) is 6.04. The standard InChI is InChI=1S/C13H15BrClNO2/c14-12-2-1-11(15)5-10(12)6-13(18)16-4-3-9(7-16)8-17/h1-2,5,9,17H,3-4,6-8H2. The van der Waals surface area contributed by atoms with Gasteiger partial charge in [-0.1, -0.05) is 27.5 Å². The molecule has 0 aliphatic carbocycles. The van der Waals surface area contributed by atoms with Gasteiger partial charge in [0.2, 0.25) is 5.91 Å². The highest BCUT2D eigenvalue weighted by molar-refractivity contribution is 9.10. The average molecular weight is 333 g/mol. The third-order valence-electron chi connectivity index (χ3n) is 3.25. The van der Waals surface area contributed by atoms with Crippen molar-refractivity contribution >= 4 is 33.4 Å². The third-order valence-corrected chi connectivity index (χ3v) is 4.25. The Labute approximate surface area is 120 Å². The van der Waals surface area contributed by atoms with Crippen LogP contribution in [0.15, 0.2) is 22.7 Å². The molecule has 3 nitrogen and oxygen atoms in total. The van der Waals surface area contributed by atoms with Crippen LogP contribution in [0.1, 0.15) is 12.0 Å². The molecule has 5 heteroatoms.